The first-order chi connectivity index (χ1) is 22.1. The van der Waals surface area contributed by atoms with Crippen molar-refractivity contribution in [2.24, 2.45) is 20.5 Å². The van der Waals surface area contributed by atoms with Gasteiger partial charge in [0.15, 0.2) is 0 Å². The summed E-state index contributed by atoms with van der Waals surface area (Å²) in [4.78, 5) is 9.10. The van der Waals surface area contributed by atoms with E-state index in [0.29, 0.717) is 11.8 Å². The first-order valence-corrected chi connectivity index (χ1v) is 15.7. The number of anilines is 2. The van der Waals surface area contributed by atoms with Crippen LogP contribution in [0.15, 0.2) is 115 Å². The van der Waals surface area contributed by atoms with E-state index in [2.05, 4.69) is 25.8 Å². The molecule has 0 bridgehead atoms. The second-order valence-corrected chi connectivity index (χ2v) is 12.4. The van der Waals surface area contributed by atoms with Crippen molar-refractivity contribution in [1.29, 1.82) is 0 Å². The fraction of sp³-hybridized carbons (Fsp3) is 0. The molecule has 5 aromatic carbocycles. The van der Waals surface area contributed by atoms with E-state index in [1.54, 1.807) is 30.3 Å². The van der Waals surface area contributed by atoms with Gasteiger partial charge in [-0.3, -0.25) is 19.2 Å². The highest BCUT2D eigenvalue weighted by Crippen LogP contribution is 2.44. The molecule has 5 aromatic rings. The van der Waals surface area contributed by atoms with Gasteiger partial charge in [0.25, 0.3) is 25.9 Å². The van der Waals surface area contributed by atoms with Crippen molar-refractivity contribution in [2.45, 2.75) is 9.79 Å². The number of phenolic OH excluding ortho intramolecular Hbond substituents is 3. The lowest BCUT2D eigenvalue weighted by Gasteiger charge is -2.10. The van der Waals surface area contributed by atoms with E-state index in [0.717, 1.165) is 36.4 Å². The van der Waals surface area contributed by atoms with Gasteiger partial charge in [-0.2, -0.15) is 21.9 Å². The van der Waals surface area contributed by atoms with Crippen LogP contribution in [0.2, 0.25) is 0 Å². The Balaban J connectivity index is 1.51. The highest BCUT2D eigenvalue weighted by Gasteiger charge is 2.22. The maximum atomic E-state index is 12.1. The predicted molar refractivity (Wildman–Crippen MR) is 166 cm³/mol. The highest BCUT2D eigenvalue weighted by atomic mass is 32.2. The standard InChI is InChI=1S/C28H20N6O11S2/c35-23-13-24(36)22(32-33-28-18-8-7-17(34(38)39)11-19(18)26(14-25(28)37)46(40,41)42)12-21(23)31-30-16-6-9-20(27(10-16)47(43,44)45)29-15-4-2-1-3-5-15/h1-14,29,35-37H,(H,40,41,42)(H,43,44,45). The molecule has 0 aliphatic rings. The molecular formula is C28H20N6O11S2. The largest absolute Gasteiger partial charge is 0.506 e. The third kappa shape index (κ3) is 7.12. The number of aromatic hydroxyl groups is 3. The van der Waals surface area contributed by atoms with Crippen molar-refractivity contribution in [2.75, 3.05) is 5.32 Å². The number of hydrogen-bond acceptors (Lipinski definition) is 14. The number of nitro groups is 1. The lowest BCUT2D eigenvalue weighted by molar-refractivity contribution is -0.384. The van der Waals surface area contributed by atoms with Crippen LogP contribution >= 0.6 is 0 Å². The molecule has 5 rings (SSSR count). The molecule has 0 spiro atoms. The summed E-state index contributed by atoms with van der Waals surface area (Å²) in [5.41, 5.74) is -1.01. The van der Waals surface area contributed by atoms with Crippen molar-refractivity contribution in [1.82, 2.24) is 0 Å². The smallest absolute Gasteiger partial charge is 0.296 e. The highest BCUT2D eigenvalue weighted by molar-refractivity contribution is 7.86. The molecule has 17 nitrogen and oxygen atoms in total. The number of nitro benzene ring substituents is 1. The molecule has 0 heterocycles. The maximum absolute atomic E-state index is 12.1. The molecule has 0 radical (unpaired) electrons. The Kier molecular flexibility index (Phi) is 8.54. The first-order valence-electron chi connectivity index (χ1n) is 12.9. The van der Waals surface area contributed by atoms with E-state index in [1.807, 2.05) is 0 Å². The van der Waals surface area contributed by atoms with E-state index < -0.39 is 57.9 Å². The maximum Gasteiger partial charge on any atom is 0.296 e. The number of hydrogen-bond donors (Lipinski definition) is 6. The minimum Gasteiger partial charge on any atom is -0.506 e. The van der Waals surface area contributed by atoms with Crippen LogP contribution < -0.4 is 5.32 Å². The average Bonchev–Trinajstić information content (AvgIpc) is 3.00. The van der Waals surface area contributed by atoms with Gasteiger partial charge in [0, 0.05) is 46.8 Å². The Hall–Kier alpha value is -6.02. The van der Waals surface area contributed by atoms with Crippen LogP contribution in [0.25, 0.3) is 10.8 Å². The zero-order chi connectivity index (χ0) is 34.1. The number of azo groups is 2. The Labute approximate surface area is 264 Å². The van der Waals surface area contributed by atoms with Gasteiger partial charge in [-0.1, -0.05) is 18.2 Å². The molecule has 240 valence electrons. The van der Waals surface area contributed by atoms with Gasteiger partial charge in [-0.25, -0.2) is 0 Å². The van der Waals surface area contributed by atoms with Gasteiger partial charge < -0.3 is 20.6 Å². The van der Waals surface area contributed by atoms with Crippen LogP contribution in [0.5, 0.6) is 17.2 Å². The van der Waals surface area contributed by atoms with Crippen LogP contribution in [0, 0.1) is 10.1 Å². The van der Waals surface area contributed by atoms with Gasteiger partial charge >= 0.3 is 0 Å². The molecule has 0 saturated carbocycles. The van der Waals surface area contributed by atoms with Crippen LogP contribution in [-0.4, -0.2) is 46.2 Å². The zero-order valence-electron chi connectivity index (χ0n) is 23.3. The molecule has 0 amide bonds. The minimum absolute atomic E-state index is 0.0443. The monoisotopic (exact) mass is 680 g/mol. The predicted octanol–water partition coefficient (Wildman–Crippen LogP) is 6.93. The summed E-state index contributed by atoms with van der Waals surface area (Å²) in [5.74, 6) is -1.99. The number of phenols is 3. The molecule has 0 unspecified atom stereocenters. The molecule has 6 N–H and O–H groups in total. The summed E-state index contributed by atoms with van der Waals surface area (Å²) in [5, 5.41) is 60.2. The lowest BCUT2D eigenvalue weighted by atomic mass is 10.1. The minimum atomic E-state index is -4.95. The van der Waals surface area contributed by atoms with Crippen LogP contribution in [-0.2, 0) is 20.2 Å². The van der Waals surface area contributed by atoms with Gasteiger partial charge in [0.05, 0.1) is 16.3 Å². The Morgan fingerprint density at radius 2 is 1.28 bits per heavy atom. The Morgan fingerprint density at radius 1 is 0.638 bits per heavy atom. The van der Waals surface area contributed by atoms with E-state index in [9.17, 15) is 51.4 Å². The third-order valence-corrected chi connectivity index (χ3v) is 8.21. The first kappa shape index (κ1) is 32.4. The van der Waals surface area contributed by atoms with E-state index in [1.165, 1.54) is 12.1 Å². The average molecular weight is 681 g/mol. The fourth-order valence-corrected chi connectivity index (χ4v) is 5.65. The topological polar surface area (TPSA) is 274 Å². The number of fused-ring (bicyclic) bond motifs is 1. The number of nitrogens with zero attached hydrogens (tertiary/aromatic N) is 5. The number of para-hydroxylation sites is 1. The zero-order valence-corrected chi connectivity index (χ0v) is 25.0. The van der Waals surface area contributed by atoms with Gasteiger partial charge in [0.1, 0.15) is 44.1 Å². The second-order valence-electron chi connectivity index (χ2n) is 9.58. The number of rotatable bonds is 9. The van der Waals surface area contributed by atoms with Gasteiger partial charge in [-0.05, 0) is 36.4 Å². The lowest BCUT2D eigenvalue weighted by Crippen LogP contribution is -2.03. The van der Waals surface area contributed by atoms with Crippen LogP contribution in [0.3, 0.4) is 0 Å². The van der Waals surface area contributed by atoms with E-state index >= 15 is 0 Å². The molecule has 0 aromatic heterocycles. The molecular weight excluding hydrogens is 660 g/mol. The molecule has 19 heteroatoms. The van der Waals surface area contributed by atoms with Crippen molar-refractivity contribution < 1.29 is 46.2 Å². The summed E-state index contributed by atoms with van der Waals surface area (Å²) in [6.45, 7) is 0. The second kappa shape index (κ2) is 12.4. The van der Waals surface area contributed by atoms with Crippen molar-refractivity contribution >= 4 is 70.8 Å². The Morgan fingerprint density at radius 3 is 1.89 bits per heavy atom. The van der Waals surface area contributed by atoms with E-state index in [4.69, 9.17) is 0 Å². The molecule has 0 saturated heterocycles. The summed E-state index contributed by atoms with van der Waals surface area (Å²) < 4.78 is 67.4. The quantitative estimate of drug-likeness (QED) is 0.0400. The van der Waals surface area contributed by atoms with Gasteiger partial charge in [-0.15, -0.1) is 15.3 Å². The molecule has 0 fully saturated rings. The Bertz CT molecular complexity index is 2350. The van der Waals surface area contributed by atoms with Crippen LogP contribution in [0.1, 0.15) is 0 Å². The molecule has 0 aliphatic carbocycles. The summed E-state index contributed by atoms with van der Waals surface area (Å²) in [7, 11) is -9.67. The van der Waals surface area contributed by atoms with Crippen molar-refractivity contribution in [3.63, 3.8) is 0 Å². The number of nitrogens with one attached hydrogen (secondary N) is 1. The number of benzene rings is 5. The SMILES string of the molecule is O=[N+]([O-])c1ccc2c(N=Nc3cc(N=Nc4ccc(Nc5ccccc5)c(S(=O)(=O)O)c4)c(O)cc3O)c(O)cc(S(=O)(=O)O)c2c1. The van der Waals surface area contributed by atoms with Crippen molar-refractivity contribution in [3.05, 3.63) is 95.0 Å². The van der Waals surface area contributed by atoms with E-state index in [-0.39, 0.29) is 39.2 Å². The van der Waals surface area contributed by atoms with Gasteiger partial charge in [0.2, 0.25) is 0 Å². The summed E-state index contributed by atoms with van der Waals surface area (Å²) in [6.07, 6.45) is 0. The number of non-ortho nitro benzene ring substituents is 1. The fourth-order valence-electron chi connectivity index (χ4n) is 4.28. The third-order valence-electron chi connectivity index (χ3n) is 6.42. The normalized spacial score (nSPS) is 12.2. The molecule has 0 atom stereocenters. The van der Waals surface area contributed by atoms with Crippen LogP contribution in [0.4, 0.5) is 39.8 Å². The summed E-state index contributed by atoms with van der Waals surface area (Å²) >= 11 is 0. The summed E-state index contributed by atoms with van der Waals surface area (Å²) in [6, 6.07) is 17.7. The van der Waals surface area contributed by atoms with Crippen molar-refractivity contribution in [3.8, 4) is 17.2 Å². The molecule has 0 aliphatic heterocycles. The molecule has 47 heavy (non-hydrogen) atoms.